The maximum atomic E-state index is 12.2. The molecule has 1 N–H and O–H groups in total. The third kappa shape index (κ3) is 8.74. The molecule has 215 valence electrons. The number of benzene rings is 2. The molecule has 3 aromatic rings. The number of rotatable bonds is 8. The van der Waals surface area contributed by atoms with Crippen molar-refractivity contribution >= 4 is 28.2 Å². The predicted octanol–water partition coefficient (Wildman–Crippen LogP) is 10.3. The summed E-state index contributed by atoms with van der Waals surface area (Å²) < 4.78 is 0. The van der Waals surface area contributed by atoms with E-state index in [9.17, 15) is 9.90 Å². The van der Waals surface area contributed by atoms with Gasteiger partial charge in [0, 0.05) is 53.9 Å². The molecule has 0 fully saturated rings. The Morgan fingerprint density at radius 2 is 1.49 bits per heavy atom. The van der Waals surface area contributed by atoms with Crippen molar-refractivity contribution < 1.29 is 30.0 Å². The number of carbonyl (C=O) groups is 1. The number of carbonyl (C=O) groups excluding carboxylic acids is 1. The zero-order valence-corrected chi connectivity index (χ0v) is 28.2. The Hall–Kier alpha value is -2.00. The SMILES string of the molecule is CC(C)(C)c1cc(-c2cc(Cl)ccn2)[c-]c2ccccc12.CCC(C)(CC)C(=O)/C=C(\O)C(C)(CC)CC.[Ir]. The molecule has 2 aromatic carbocycles. The van der Waals surface area contributed by atoms with Gasteiger partial charge in [-0.1, -0.05) is 109 Å². The first kappa shape index (κ1) is 35.0. The average molecular weight is 727 g/mol. The molecule has 3 nitrogen and oxygen atoms in total. The molecule has 39 heavy (non-hydrogen) atoms. The van der Waals surface area contributed by atoms with Crippen molar-refractivity contribution in [1.29, 1.82) is 0 Å². The molecule has 0 saturated heterocycles. The van der Waals surface area contributed by atoms with Gasteiger partial charge < -0.3 is 5.11 Å². The first-order chi connectivity index (χ1) is 17.7. The van der Waals surface area contributed by atoms with Gasteiger partial charge in [-0.2, -0.15) is 0 Å². The molecule has 0 aliphatic carbocycles. The summed E-state index contributed by atoms with van der Waals surface area (Å²) in [6.07, 6.45) is 6.49. The van der Waals surface area contributed by atoms with Crippen molar-refractivity contribution in [1.82, 2.24) is 4.98 Å². The van der Waals surface area contributed by atoms with E-state index in [2.05, 4.69) is 56.1 Å². The minimum absolute atomic E-state index is 0. The molecule has 0 spiro atoms. The third-order valence-electron chi connectivity index (χ3n) is 8.18. The molecule has 1 aromatic heterocycles. The molecule has 1 radical (unpaired) electrons. The van der Waals surface area contributed by atoms with E-state index in [0.29, 0.717) is 5.02 Å². The zero-order chi connectivity index (χ0) is 28.7. The quantitative estimate of drug-likeness (QED) is 0.143. The van der Waals surface area contributed by atoms with E-state index in [4.69, 9.17) is 11.6 Å². The standard InChI is InChI=1S/C19H17ClN.C15H28O2.Ir/c1-19(2,3)17-11-14(18-12-15(20)8-9-21-18)10-13-6-4-5-7-16(13)17;1-7-14(5,8-2)12(16)11-13(17)15(6,9-3)10-4;/h4-9,11-12H,1-3H3;11,16H,7-10H2,1-6H3;/q-1;;/b;12-11-;. The molecule has 0 aliphatic rings. The van der Waals surface area contributed by atoms with Gasteiger partial charge in [0.2, 0.25) is 0 Å². The first-order valence-electron chi connectivity index (χ1n) is 13.8. The van der Waals surface area contributed by atoms with E-state index in [1.807, 2.05) is 53.7 Å². The van der Waals surface area contributed by atoms with E-state index >= 15 is 0 Å². The van der Waals surface area contributed by atoms with E-state index in [-0.39, 0.29) is 47.9 Å². The van der Waals surface area contributed by atoms with Gasteiger partial charge in [0.15, 0.2) is 5.78 Å². The Kier molecular flexibility index (Phi) is 13.1. The number of halogens is 1. The fraction of sp³-hybridized carbons (Fsp3) is 0.471. The van der Waals surface area contributed by atoms with Crippen LogP contribution in [0.2, 0.25) is 5.02 Å². The molecular formula is C34H45ClIrNO2-. The molecule has 3 rings (SSSR count). The number of hydrogen-bond donors (Lipinski definition) is 1. The van der Waals surface area contributed by atoms with Crippen molar-refractivity contribution in [2.45, 2.75) is 93.4 Å². The summed E-state index contributed by atoms with van der Waals surface area (Å²) >= 11 is 6.09. The molecule has 5 heteroatoms. The summed E-state index contributed by atoms with van der Waals surface area (Å²) in [6, 6.07) is 17.7. The van der Waals surface area contributed by atoms with Crippen molar-refractivity contribution in [2.24, 2.45) is 10.8 Å². The van der Waals surface area contributed by atoms with Gasteiger partial charge in [0.25, 0.3) is 0 Å². The summed E-state index contributed by atoms with van der Waals surface area (Å²) in [5.74, 6) is 0.286. The van der Waals surface area contributed by atoms with E-state index in [0.717, 1.165) is 42.3 Å². The monoisotopic (exact) mass is 727 g/mol. The van der Waals surface area contributed by atoms with Crippen LogP contribution in [0.4, 0.5) is 0 Å². The first-order valence-corrected chi connectivity index (χ1v) is 14.2. The Morgan fingerprint density at radius 3 is 2.00 bits per heavy atom. The number of allylic oxidation sites excluding steroid dienone is 2. The van der Waals surface area contributed by atoms with Gasteiger partial charge in [-0.15, -0.1) is 29.1 Å². The van der Waals surface area contributed by atoms with Gasteiger partial charge in [0.05, 0.1) is 0 Å². The fourth-order valence-corrected chi connectivity index (χ4v) is 4.38. The van der Waals surface area contributed by atoms with Crippen LogP contribution in [0.15, 0.2) is 60.5 Å². The average Bonchev–Trinajstić information content (AvgIpc) is 2.91. The Labute approximate surface area is 254 Å². The minimum Gasteiger partial charge on any atom is -0.512 e. The zero-order valence-electron chi connectivity index (χ0n) is 25.0. The summed E-state index contributed by atoms with van der Waals surface area (Å²) in [5.41, 5.74) is 2.60. The van der Waals surface area contributed by atoms with Gasteiger partial charge in [-0.05, 0) is 37.2 Å². The van der Waals surface area contributed by atoms with Crippen molar-refractivity contribution in [3.8, 4) is 11.3 Å². The van der Waals surface area contributed by atoms with Gasteiger partial charge in [0.1, 0.15) is 5.76 Å². The number of fused-ring (bicyclic) bond motifs is 1. The second-order valence-corrected chi connectivity index (χ2v) is 12.1. The Balaban J connectivity index is 0.000000391. The fourth-order valence-electron chi connectivity index (χ4n) is 4.22. The van der Waals surface area contributed by atoms with E-state index in [1.54, 1.807) is 12.3 Å². The topological polar surface area (TPSA) is 50.2 Å². The number of aromatic nitrogens is 1. The van der Waals surface area contributed by atoms with Crippen LogP contribution in [-0.4, -0.2) is 15.9 Å². The van der Waals surface area contributed by atoms with Crippen molar-refractivity contribution in [2.75, 3.05) is 0 Å². The Morgan fingerprint density at radius 1 is 0.923 bits per heavy atom. The number of ketones is 1. The van der Waals surface area contributed by atoms with Crippen LogP contribution in [0.1, 0.15) is 93.6 Å². The van der Waals surface area contributed by atoms with Crippen LogP contribution in [0.5, 0.6) is 0 Å². The van der Waals surface area contributed by atoms with Crippen molar-refractivity contribution in [3.63, 3.8) is 0 Å². The summed E-state index contributed by atoms with van der Waals surface area (Å²) in [6.45, 7) is 18.8. The van der Waals surface area contributed by atoms with Crippen LogP contribution in [0.25, 0.3) is 22.0 Å². The molecule has 1 heterocycles. The van der Waals surface area contributed by atoms with Crippen LogP contribution in [0, 0.1) is 16.9 Å². The summed E-state index contributed by atoms with van der Waals surface area (Å²) in [4.78, 5) is 16.6. The smallest absolute Gasteiger partial charge is 0.164 e. The maximum Gasteiger partial charge on any atom is 0.164 e. The molecule has 0 amide bonds. The molecule has 0 aliphatic heterocycles. The largest absolute Gasteiger partial charge is 0.512 e. The number of hydrogen-bond acceptors (Lipinski definition) is 3. The molecular weight excluding hydrogens is 682 g/mol. The Bertz CT molecular complexity index is 1270. The molecule has 0 unspecified atom stereocenters. The predicted molar refractivity (Wildman–Crippen MR) is 163 cm³/mol. The van der Waals surface area contributed by atoms with Crippen molar-refractivity contribution in [3.05, 3.63) is 77.1 Å². The van der Waals surface area contributed by atoms with E-state index in [1.165, 1.54) is 17.0 Å². The van der Waals surface area contributed by atoms with Gasteiger partial charge >= 0.3 is 0 Å². The van der Waals surface area contributed by atoms with Crippen LogP contribution in [0.3, 0.4) is 0 Å². The number of nitrogens with zero attached hydrogens (tertiary/aromatic N) is 1. The number of aliphatic hydroxyl groups is 1. The van der Waals surface area contributed by atoms with Crippen LogP contribution >= 0.6 is 11.6 Å². The maximum absolute atomic E-state index is 12.2. The third-order valence-corrected chi connectivity index (χ3v) is 8.42. The van der Waals surface area contributed by atoms with E-state index < -0.39 is 0 Å². The minimum atomic E-state index is -0.337. The van der Waals surface area contributed by atoms with Gasteiger partial charge in [-0.3, -0.25) is 9.78 Å². The van der Waals surface area contributed by atoms with Gasteiger partial charge in [-0.25, -0.2) is 0 Å². The second-order valence-electron chi connectivity index (χ2n) is 11.7. The summed E-state index contributed by atoms with van der Waals surface area (Å²) in [5, 5.41) is 13.2. The van der Waals surface area contributed by atoms with Crippen LogP contribution in [-0.2, 0) is 30.3 Å². The number of pyridine rings is 1. The van der Waals surface area contributed by atoms with Crippen LogP contribution < -0.4 is 0 Å². The molecule has 0 atom stereocenters. The second kappa shape index (κ2) is 14.6. The summed E-state index contributed by atoms with van der Waals surface area (Å²) in [7, 11) is 0. The number of aliphatic hydroxyl groups excluding tert-OH is 1. The molecule has 0 saturated carbocycles. The molecule has 0 bridgehead atoms. The normalized spacial score (nSPS) is 12.4.